The van der Waals surface area contributed by atoms with E-state index in [1.807, 2.05) is 0 Å². The first kappa shape index (κ1) is 25.5. The van der Waals surface area contributed by atoms with Crippen LogP contribution in [-0.2, 0) is 19.1 Å². The second-order valence-electron chi connectivity index (χ2n) is 11.1. The van der Waals surface area contributed by atoms with Crippen LogP contribution in [0.2, 0.25) is 0 Å². The molecule has 4 aliphatic carbocycles. The summed E-state index contributed by atoms with van der Waals surface area (Å²) in [7, 11) is 0. The van der Waals surface area contributed by atoms with Crippen LogP contribution in [0.25, 0.3) is 0 Å². The smallest absolute Gasteiger partial charge is 0.306 e. The Bertz CT molecular complexity index is 563. The number of carbonyl (C=O) groups excluding carboxylic acids is 2. The summed E-state index contributed by atoms with van der Waals surface area (Å²) < 4.78 is 11.0. The van der Waals surface area contributed by atoms with E-state index in [4.69, 9.17) is 9.47 Å². The number of rotatable bonds is 15. The number of carbonyl (C=O) groups is 2. The van der Waals surface area contributed by atoms with Crippen LogP contribution in [0, 0.1) is 36.0 Å². The van der Waals surface area contributed by atoms with Crippen LogP contribution >= 0.6 is 0 Å². The van der Waals surface area contributed by atoms with Gasteiger partial charge in [0.2, 0.25) is 0 Å². The molecule has 0 amide bonds. The first-order valence-electron chi connectivity index (χ1n) is 13.3. The summed E-state index contributed by atoms with van der Waals surface area (Å²) in [4.78, 5) is 26.9. The Balaban J connectivity index is 1.24. The zero-order valence-corrected chi connectivity index (χ0v) is 20.6. The zero-order chi connectivity index (χ0) is 23.0. The van der Waals surface area contributed by atoms with Gasteiger partial charge in [0.05, 0.1) is 19.6 Å². The van der Waals surface area contributed by atoms with Crippen molar-refractivity contribution >= 4 is 11.9 Å². The van der Waals surface area contributed by atoms with E-state index in [-0.39, 0.29) is 23.3 Å². The van der Waals surface area contributed by atoms with E-state index in [2.05, 4.69) is 25.7 Å². The molecule has 0 aromatic carbocycles. The maximum absolute atomic E-state index is 12.5. The highest BCUT2D eigenvalue weighted by molar-refractivity contribution is 5.70. The summed E-state index contributed by atoms with van der Waals surface area (Å²) in [5.41, 5.74) is 0.224. The molecule has 1 unspecified atom stereocenters. The molecule has 5 nitrogen and oxygen atoms in total. The molecule has 0 heterocycles. The van der Waals surface area contributed by atoms with Crippen molar-refractivity contribution in [2.75, 3.05) is 32.8 Å². The van der Waals surface area contributed by atoms with Gasteiger partial charge in [0.1, 0.15) is 0 Å². The molecule has 4 bridgehead atoms. The average molecular weight is 449 g/mol. The molecule has 0 aliphatic heterocycles. The normalized spacial score (nSPS) is 29.3. The molecule has 4 fully saturated rings. The molecule has 0 saturated heterocycles. The fraction of sp³-hybridized carbons (Fsp3) is 0.889. The van der Waals surface area contributed by atoms with Crippen molar-refractivity contribution in [1.29, 1.82) is 0 Å². The second-order valence-corrected chi connectivity index (χ2v) is 11.1. The molecule has 0 aromatic rings. The Morgan fingerprint density at radius 2 is 1.53 bits per heavy atom. The van der Waals surface area contributed by atoms with Crippen molar-refractivity contribution in [3.63, 3.8) is 0 Å². The fourth-order valence-electron chi connectivity index (χ4n) is 6.98. The minimum Gasteiger partial charge on any atom is -0.466 e. The van der Waals surface area contributed by atoms with Crippen molar-refractivity contribution in [1.82, 2.24) is 4.90 Å². The van der Waals surface area contributed by atoms with Gasteiger partial charge >= 0.3 is 11.9 Å². The van der Waals surface area contributed by atoms with Crippen molar-refractivity contribution in [2.24, 2.45) is 29.1 Å². The lowest BCUT2D eigenvalue weighted by Gasteiger charge is -2.56. The molecule has 0 N–H and O–H groups in total. The molecule has 4 saturated carbocycles. The van der Waals surface area contributed by atoms with E-state index < -0.39 is 0 Å². The Kier molecular flexibility index (Phi) is 9.88. The maximum Gasteiger partial charge on any atom is 0.306 e. The monoisotopic (exact) mass is 448 g/mol. The molecule has 1 radical (unpaired) electrons. The third kappa shape index (κ3) is 7.74. The molecule has 0 spiro atoms. The molecule has 0 aromatic heterocycles. The highest BCUT2D eigenvalue weighted by Crippen LogP contribution is 2.61. The van der Waals surface area contributed by atoms with E-state index in [9.17, 15) is 9.59 Å². The van der Waals surface area contributed by atoms with Crippen molar-refractivity contribution in [3.8, 4) is 0 Å². The minimum absolute atomic E-state index is 0.0345. The average Bonchev–Trinajstić information content (AvgIpc) is 2.71. The molecular formula is C27H46NO4. The number of hydrogen-bond acceptors (Lipinski definition) is 5. The van der Waals surface area contributed by atoms with Crippen molar-refractivity contribution < 1.29 is 19.1 Å². The third-order valence-corrected chi connectivity index (χ3v) is 7.89. The van der Waals surface area contributed by atoms with Gasteiger partial charge in [0, 0.05) is 6.42 Å². The van der Waals surface area contributed by atoms with Gasteiger partial charge in [-0.1, -0.05) is 13.8 Å². The van der Waals surface area contributed by atoms with Gasteiger partial charge in [-0.05, 0) is 120 Å². The fourth-order valence-corrected chi connectivity index (χ4v) is 6.98. The Hall–Kier alpha value is -1.10. The highest BCUT2D eigenvalue weighted by Gasteiger charge is 2.51. The quantitative estimate of drug-likeness (QED) is 0.313. The summed E-state index contributed by atoms with van der Waals surface area (Å²) in [5.74, 6) is 2.33. The number of ether oxygens (including phenoxy) is 2. The Morgan fingerprint density at radius 1 is 0.938 bits per heavy atom. The molecule has 1 atom stereocenters. The van der Waals surface area contributed by atoms with E-state index in [1.165, 1.54) is 38.5 Å². The van der Waals surface area contributed by atoms with Crippen LogP contribution in [0.3, 0.4) is 0 Å². The molecular weight excluding hydrogens is 402 g/mol. The molecule has 4 rings (SSSR count). The maximum atomic E-state index is 12.5. The van der Waals surface area contributed by atoms with Gasteiger partial charge in [0.25, 0.3) is 0 Å². The van der Waals surface area contributed by atoms with Gasteiger partial charge in [-0.15, -0.1) is 0 Å². The Labute approximate surface area is 196 Å². The van der Waals surface area contributed by atoms with Crippen LogP contribution in [0.5, 0.6) is 0 Å². The van der Waals surface area contributed by atoms with Gasteiger partial charge in [-0.25, -0.2) is 0 Å². The summed E-state index contributed by atoms with van der Waals surface area (Å²) in [6.45, 7) is 12.3. The van der Waals surface area contributed by atoms with E-state index in [0.29, 0.717) is 32.5 Å². The summed E-state index contributed by atoms with van der Waals surface area (Å²) in [6.07, 6.45) is 12.7. The lowest BCUT2D eigenvalue weighted by atomic mass is 9.49. The number of esters is 2. The summed E-state index contributed by atoms with van der Waals surface area (Å²) in [5, 5.41) is 0. The van der Waals surface area contributed by atoms with Crippen LogP contribution in [0.4, 0.5) is 0 Å². The predicted molar refractivity (Wildman–Crippen MR) is 127 cm³/mol. The lowest BCUT2D eigenvalue weighted by Crippen LogP contribution is -2.47. The van der Waals surface area contributed by atoms with Gasteiger partial charge < -0.3 is 14.4 Å². The highest BCUT2D eigenvalue weighted by atomic mass is 16.5. The van der Waals surface area contributed by atoms with Crippen LogP contribution in [0.15, 0.2) is 0 Å². The standard InChI is InChI=1S/C27H46NO4/c1-4-9-28(10-5-2)11-6-7-25(29)31-12-8-21(3)20-32-26(30)19-27-16-22-13-23(17-27)15-24(14-22)18-27/h21-24H,3-20H2,1-2H3. The van der Waals surface area contributed by atoms with Crippen LogP contribution in [0.1, 0.15) is 90.9 Å². The van der Waals surface area contributed by atoms with Gasteiger partial charge in [-0.2, -0.15) is 0 Å². The largest absolute Gasteiger partial charge is 0.466 e. The number of nitrogens with zero attached hydrogens (tertiary/aromatic N) is 1. The van der Waals surface area contributed by atoms with Gasteiger partial charge in [-0.3, -0.25) is 9.59 Å². The van der Waals surface area contributed by atoms with Crippen LogP contribution in [-0.4, -0.2) is 49.7 Å². The van der Waals surface area contributed by atoms with Gasteiger partial charge in [0.15, 0.2) is 0 Å². The topological polar surface area (TPSA) is 55.8 Å². The summed E-state index contributed by atoms with van der Waals surface area (Å²) >= 11 is 0. The Morgan fingerprint density at radius 3 is 2.09 bits per heavy atom. The molecule has 32 heavy (non-hydrogen) atoms. The second kappa shape index (κ2) is 12.4. The first-order valence-corrected chi connectivity index (χ1v) is 13.3. The minimum atomic E-state index is -0.135. The van der Waals surface area contributed by atoms with Crippen molar-refractivity contribution in [3.05, 3.63) is 6.92 Å². The van der Waals surface area contributed by atoms with Crippen molar-refractivity contribution in [2.45, 2.75) is 90.9 Å². The third-order valence-electron chi connectivity index (χ3n) is 7.89. The SMILES string of the molecule is [CH2]C(CCOC(=O)CCCN(CCC)CCC)COC(=O)CC12CC3CC(CC(C3)C1)C2. The van der Waals surface area contributed by atoms with E-state index in [1.54, 1.807) is 0 Å². The predicted octanol–water partition coefficient (Wildman–Crippen LogP) is 5.42. The molecule has 4 aliphatic rings. The van der Waals surface area contributed by atoms with E-state index >= 15 is 0 Å². The zero-order valence-electron chi connectivity index (χ0n) is 20.6. The lowest BCUT2D eigenvalue weighted by molar-refractivity contribution is -0.153. The van der Waals surface area contributed by atoms with E-state index in [0.717, 1.165) is 56.7 Å². The number of hydrogen-bond donors (Lipinski definition) is 0. The summed E-state index contributed by atoms with van der Waals surface area (Å²) in [6, 6.07) is 0. The molecule has 183 valence electrons. The first-order chi connectivity index (χ1) is 15.4. The molecule has 5 heteroatoms. The van der Waals surface area contributed by atoms with Crippen LogP contribution < -0.4 is 0 Å².